The molecule has 4 rings (SSSR count). The lowest BCUT2D eigenvalue weighted by atomic mass is 10.1. The summed E-state index contributed by atoms with van der Waals surface area (Å²) in [6.07, 6.45) is 5.40. The molecule has 0 aliphatic carbocycles. The number of nitrogens with zero attached hydrogens (tertiary/aromatic N) is 5. The van der Waals surface area contributed by atoms with E-state index in [0.717, 1.165) is 23.7 Å². The number of rotatable bonds is 10. The summed E-state index contributed by atoms with van der Waals surface area (Å²) in [4.78, 5) is 6.73. The summed E-state index contributed by atoms with van der Waals surface area (Å²) in [6, 6.07) is 12.1. The first kappa shape index (κ1) is 19.4. The van der Waals surface area contributed by atoms with E-state index in [4.69, 9.17) is 9.15 Å². The normalized spacial score (nSPS) is 13.4. The van der Waals surface area contributed by atoms with Gasteiger partial charge < -0.3 is 14.1 Å². The van der Waals surface area contributed by atoms with Crippen LogP contribution >= 0.6 is 11.3 Å². The molecule has 0 aliphatic rings. The molecular weight excluding hydrogens is 388 g/mol. The van der Waals surface area contributed by atoms with Crippen LogP contribution < -0.4 is 4.90 Å². The summed E-state index contributed by atoms with van der Waals surface area (Å²) in [6.45, 7) is 2.60. The van der Waals surface area contributed by atoms with Crippen LogP contribution in [0.1, 0.15) is 28.1 Å². The molecule has 0 saturated carbocycles. The van der Waals surface area contributed by atoms with E-state index in [2.05, 4.69) is 44.1 Å². The van der Waals surface area contributed by atoms with Crippen molar-refractivity contribution in [3.05, 3.63) is 82.5 Å². The van der Waals surface area contributed by atoms with Gasteiger partial charge in [-0.15, -0.1) is 16.4 Å². The highest BCUT2D eigenvalue weighted by atomic mass is 32.1. The van der Waals surface area contributed by atoms with Crippen molar-refractivity contribution in [3.8, 4) is 0 Å². The SMILES string of the molecule is COCCn1nnnc1[C@@H](c1cccs1)[NH+](Cc1cccnc1)Cc1ccco1. The highest BCUT2D eigenvalue weighted by Gasteiger charge is 2.33. The number of thiophene rings is 1. The minimum atomic E-state index is -0.0489. The van der Waals surface area contributed by atoms with Crippen molar-refractivity contribution >= 4 is 11.3 Å². The van der Waals surface area contributed by atoms with Gasteiger partial charge in [-0.1, -0.05) is 12.1 Å². The number of furan rings is 1. The number of tetrazole rings is 1. The molecule has 9 heteroatoms. The van der Waals surface area contributed by atoms with Crippen LogP contribution in [0.25, 0.3) is 0 Å². The van der Waals surface area contributed by atoms with Crippen LogP contribution in [0.5, 0.6) is 0 Å². The van der Waals surface area contributed by atoms with E-state index in [1.54, 1.807) is 30.9 Å². The number of hydrogen-bond donors (Lipinski definition) is 1. The van der Waals surface area contributed by atoms with Crippen LogP contribution in [0.15, 0.2) is 64.9 Å². The first-order chi connectivity index (χ1) is 14.3. The fraction of sp³-hybridized carbons (Fsp3) is 0.300. The highest BCUT2D eigenvalue weighted by molar-refractivity contribution is 7.10. The predicted molar refractivity (Wildman–Crippen MR) is 107 cm³/mol. The van der Waals surface area contributed by atoms with E-state index in [1.807, 2.05) is 29.1 Å². The van der Waals surface area contributed by atoms with Crippen molar-refractivity contribution in [1.82, 2.24) is 25.2 Å². The Morgan fingerprint density at radius 1 is 1.21 bits per heavy atom. The number of hydrogen-bond acceptors (Lipinski definition) is 7. The van der Waals surface area contributed by atoms with Gasteiger partial charge in [0, 0.05) is 25.1 Å². The Morgan fingerprint density at radius 2 is 2.17 bits per heavy atom. The summed E-state index contributed by atoms with van der Waals surface area (Å²) in [5.41, 5.74) is 1.14. The highest BCUT2D eigenvalue weighted by Crippen LogP contribution is 2.23. The summed E-state index contributed by atoms with van der Waals surface area (Å²) in [5.74, 6) is 1.73. The van der Waals surface area contributed by atoms with E-state index in [0.29, 0.717) is 19.7 Å². The van der Waals surface area contributed by atoms with Crippen LogP contribution in [0.3, 0.4) is 0 Å². The topological polar surface area (TPSA) is 83.3 Å². The van der Waals surface area contributed by atoms with Crippen LogP contribution in [0.4, 0.5) is 0 Å². The third kappa shape index (κ3) is 4.76. The Bertz CT molecular complexity index is 972. The van der Waals surface area contributed by atoms with Crippen molar-refractivity contribution in [2.45, 2.75) is 25.7 Å². The molecule has 1 N–H and O–H groups in total. The van der Waals surface area contributed by atoms with E-state index in [9.17, 15) is 0 Å². The molecule has 0 radical (unpaired) electrons. The fourth-order valence-corrected chi connectivity index (χ4v) is 4.27. The lowest BCUT2D eigenvalue weighted by Gasteiger charge is -2.26. The van der Waals surface area contributed by atoms with Crippen molar-refractivity contribution < 1.29 is 14.1 Å². The predicted octanol–water partition coefficient (Wildman–Crippen LogP) is 1.74. The van der Waals surface area contributed by atoms with Crippen molar-refractivity contribution in [2.75, 3.05) is 13.7 Å². The van der Waals surface area contributed by atoms with Gasteiger partial charge in [0.05, 0.1) is 24.3 Å². The van der Waals surface area contributed by atoms with Crippen molar-refractivity contribution in [2.24, 2.45) is 0 Å². The smallest absolute Gasteiger partial charge is 0.215 e. The molecule has 4 heterocycles. The van der Waals surface area contributed by atoms with Gasteiger partial charge in [-0.2, -0.15) is 0 Å². The third-order valence-corrected chi connectivity index (χ3v) is 5.63. The summed E-state index contributed by atoms with van der Waals surface area (Å²) in [5, 5.41) is 14.6. The molecule has 0 saturated heterocycles. The summed E-state index contributed by atoms with van der Waals surface area (Å²) in [7, 11) is 1.68. The maximum absolute atomic E-state index is 5.67. The molecule has 1 unspecified atom stereocenters. The molecule has 0 aromatic carbocycles. The van der Waals surface area contributed by atoms with Gasteiger partial charge in [0.1, 0.15) is 13.1 Å². The maximum atomic E-state index is 5.67. The zero-order valence-corrected chi connectivity index (χ0v) is 17.0. The van der Waals surface area contributed by atoms with Gasteiger partial charge in [-0.25, -0.2) is 4.68 Å². The second-order valence-electron chi connectivity index (χ2n) is 6.65. The van der Waals surface area contributed by atoms with Gasteiger partial charge in [-0.05, 0) is 40.1 Å². The maximum Gasteiger partial charge on any atom is 0.215 e. The Labute approximate surface area is 172 Å². The molecular formula is C20H23N6O2S+. The largest absolute Gasteiger partial charge is 0.463 e. The minimum Gasteiger partial charge on any atom is -0.463 e. The monoisotopic (exact) mass is 411 g/mol. The third-order valence-electron chi connectivity index (χ3n) is 4.70. The molecule has 0 aliphatic heterocycles. The Kier molecular flexibility index (Phi) is 6.40. The first-order valence-electron chi connectivity index (χ1n) is 9.39. The second-order valence-corrected chi connectivity index (χ2v) is 7.63. The van der Waals surface area contributed by atoms with Gasteiger partial charge >= 0.3 is 0 Å². The molecule has 0 spiro atoms. The van der Waals surface area contributed by atoms with Gasteiger partial charge in [0.2, 0.25) is 5.82 Å². The van der Waals surface area contributed by atoms with Crippen molar-refractivity contribution in [1.29, 1.82) is 0 Å². The number of aromatic nitrogens is 5. The summed E-state index contributed by atoms with van der Waals surface area (Å²) < 4.78 is 12.7. The molecule has 29 heavy (non-hydrogen) atoms. The van der Waals surface area contributed by atoms with Gasteiger partial charge in [0.15, 0.2) is 11.8 Å². The minimum absolute atomic E-state index is 0.0489. The van der Waals surface area contributed by atoms with Crippen LogP contribution in [0, 0.1) is 0 Å². The lowest BCUT2D eigenvalue weighted by Crippen LogP contribution is -3.10. The average Bonchev–Trinajstić information content (AvgIpc) is 3.51. The number of ether oxygens (including phenoxy) is 1. The molecule has 150 valence electrons. The van der Waals surface area contributed by atoms with E-state index < -0.39 is 0 Å². The Balaban J connectivity index is 1.73. The second kappa shape index (κ2) is 9.55. The number of pyridine rings is 1. The first-order valence-corrected chi connectivity index (χ1v) is 10.3. The van der Waals surface area contributed by atoms with E-state index in [1.165, 1.54) is 9.78 Å². The fourth-order valence-electron chi connectivity index (χ4n) is 3.39. The van der Waals surface area contributed by atoms with Crippen molar-refractivity contribution in [3.63, 3.8) is 0 Å². The lowest BCUT2D eigenvalue weighted by molar-refractivity contribution is -0.953. The molecule has 8 nitrogen and oxygen atoms in total. The molecule has 4 aromatic rings. The number of methoxy groups -OCH3 is 1. The molecule has 4 aromatic heterocycles. The van der Waals surface area contributed by atoms with E-state index in [-0.39, 0.29) is 6.04 Å². The van der Waals surface area contributed by atoms with Crippen LogP contribution in [-0.2, 0) is 24.4 Å². The molecule has 0 amide bonds. The zero-order chi connectivity index (χ0) is 19.9. The van der Waals surface area contributed by atoms with Gasteiger partial charge in [0.25, 0.3) is 0 Å². The van der Waals surface area contributed by atoms with Crippen LogP contribution in [-0.4, -0.2) is 38.9 Å². The number of quaternary nitrogens is 1. The average molecular weight is 412 g/mol. The molecule has 0 bridgehead atoms. The van der Waals surface area contributed by atoms with E-state index >= 15 is 0 Å². The Morgan fingerprint density at radius 3 is 2.90 bits per heavy atom. The quantitative estimate of drug-likeness (QED) is 0.428. The van der Waals surface area contributed by atoms with Gasteiger partial charge in [-0.3, -0.25) is 4.98 Å². The zero-order valence-electron chi connectivity index (χ0n) is 16.1. The Hall–Kier alpha value is -2.88. The van der Waals surface area contributed by atoms with Crippen LogP contribution in [0.2, 0.25) is 0 Å². The number of nitrogens with one attached hydrogen (secondary N) is 1. The molecule has 2 atom stereocenters. The standard InChI is InChI=1S/C20H22N6O2S/c1-27-11-9-26-20(22-23-24-26)19(18-7-4-12-29-18)25(15-17-6-3-10-28-17)14-16-5-2-8-21-13-16/h2-8,10,12-13,19H,9,11,14-15H2,1H3/p+1/t19-/m1/s1. The summed E-state index contributed by atoms with van der Waals surface area (Å²) >= 11 is 1.71. The molecule has 0 fully saturated rings.